The minimum atomic E-state index is -3.51. The van der Waals surface area contributed by atoms with Crippen LogP contribution in [0, 0.1) is 0 Å². The molecule has 0 radical (unpaired) electrons. The molecule has 0 fully saturated rings. The third-order valence-electron chi connectivity index (χ3n) is 3.84. The van der Waals surface area contributed by atoms with Crippen LogP contribution in [0.2, 0.25) is 0 Å². The molecule has 0 unspecified atom stereocenters. The van der Waals surface area contributed by atoms with Crippen molar-refractivity contribution in [2.24, 2.45) is 5.73 Å². The molecule has 0 aliphatic carbocycles. The number of sulfone groups is 1. The lowest BCUT2D eigenvalue weighted by atomic mass is 10.2. The summed E-state index contributed by atoms with van der Waals surface area (Å²) < 4.78 is 26.5. The number of aromatic nitrogens is 2. The van der Waals surface area contributed by atoms with Gasteiger partial charge in [0.15, 0.2) is 0 Å². The number of carbonyl (C=O) groups excluding carboxylic acids is 1. The Morgan fingerprint density at radius 1 is 1.17 bits per heavy atom. The summed E-state index contributed by atoms with van der Waals surface area (Å²) in [6, 6.07) is 14.3. The first-order valence-corrected chi connectivity index (χ1v) is 9.14. The maximum atomic E-state index is 12.4. The number of hydrogen-bond donors (Lipinski definition) is 1. The molecule has 3 aromatic rings. The van der Waals surface area contributed by atoms with E-state index in [0.717, 1.165) is 5.56 Å². The molecule has 0 aliphatic rings. The van der Waals surface area contributed by atoms with E-state index in [0.29, 0.717) is 23.1 Å². The van der Waals surface area contributed by atoms with Gasteiger partial charge in [0.1, 0.15) is 0 Å². The SMILES string of the molecule is CCS(=O)(=O)c1nc2cc(C(N)=O)ccc2n1Cc1ccccc1. The molecule has 0 aliphatic heterocycles. The molecule has 0 spiro atoms. The number of nitrogens with two attached hydrogens (primary N) is 1. The minimum absolute atomic E-state index is 0.00507. The van der Waals surface area contributed by atoms with Gasteiger partial charge in [-0.3, -0.25) is 4.79 Å². The average molecular weight is 343 g/mol. The third-order valence-corrected chi connectivity index (χ3v) is 5.47. The van der Waals surface area contributed by atoms with E-state index in [1.54, 1.807) is 23.6 Å². The second-order valence-corrected chi connectivity index (χ2v) is 7.61. The number of hydrogen-bond acceptors (Lipinski definition) is 4. The average Bonchev–Trinajstić information content (AvgIpc) is 2.94. The summed E-state index contributed by atoms with van der Waals surface area (Å²) in [5.41, 5.74) is 7.64. The molecule has 124 valence electrons. The summed E-state index contributed by atoms with van der Waals surface area (Å²) in [4.78, 5) is 15.6. The first-order valence-electron chi connectivity index (χ1n) is 7.49. The quantitative estimate of drug-likeness (QED) is 0.766. The van der Waals surface area contributed by atoms with E-state index in [4.69, 9.17) is 5.73 Å². The molecule has 6 nitrogen and oxygen atoms in total. The number of rotatable bonds is 5. The van der Waals surface area contributed by atoms with Crippen LogP contribution in [0.15, 0.2) is 53.7 Å². The molecular weight excluding hydrogens is 326 g/mol. The van der Waals surface area contributed by atoms with Crippen molar-refractivity contribution in [2.45, 2.75) is 18.6 Å². The summed E-state index contributed by atoms with van der Waals surface area (Å²) in [5.74, 6) is -0.622. The normalized spacial score (nSPS) is 11.7. The largest absolute Gasteiger partial charge is 0.366 e. The highest BCUT2D eigenvalue weighted by atomic mass is 32.2. The van der Waals surface area contributed by atoms with Crippen molar-refractivity contribution in [1.82, 2.24) is 9.55 Å². The van der Waals surface area contributed by atoms with Gasteiger partial charge in [-0.05, 0) is 23.8 Å². The Hall–Kier alpha value is -2.67. The van der Waals surface area contributed by atoms with Gasteiger partial charge in [-0.1, -0.05) is 37.3 Å². The zero-order valence-electron chi connectivity index (χ0n) is 13.1. The van der Waals surface area contributed by atoms with Crippen molar-refractivity contribution in [3.63, 3.8) is 0 Å². The zero-order valence-corrected chi connectivity index (χ0v) is 14.0. The summed E-state index contributed by atoms with van der Waals surface area (Å²) in [7, 11) is -3.51. The molecular formula is C17H17N3O3S. The van der Waals surface area contributed by atoms with E-state index in [9.17, 15) is 13.2 Å². The van der Waals surface area contributed by atoms with Gasteiger partial charge < -0.3 is 10.3 Å². The Morgan fingerprint density at radius 3 is 2.50 bits per heavy atom. The smallest absolute Gasteiger partial charge is 0.248 e. The first kappa shape index (κ1) is 16.2. The highest BCUT2D eigenvalue weighted by Crippen LogP contribution is 2.23. The van der Waals surface area contributed by atoms with E-state index in [1.807, 2.05) is 30.3 Å². The van der Waals surface area contributed by atoms with Gasteiger partial charge in [0.05, 0.1) is 23.3 Å². The van der Waals surface area contributed by atoms with E-state index < -0.39 is 15.7 Å². The molecule has 1 heterocycles. The number of imidazole rings is 1. The fourth-order valence-electron chi connectivity index (χ4n) is 2.55. The third kappa shape index (κ3) is 2.90. The Balaban J connectivity index is 2.23. The van der Waals surface area contributed by atoms with Crippen molar-refractivity contribution in [3.8, 4) is 0 Å². The van der Waals surface area contributed by atoms with E-state index in [2.05, 4.69) is 4.98 Å². The maximum Gasteiger partial charge on any atom is 0.248 e. The van der Waals surface area contributed by atoms with Crippen LogP contribution in [0.5, 0.6) is 0 Å². The molecule has 0 atom stereocenters. The predicted octanol–water partition coefficient (Wildman–Crippen LogP) is 1.98. The van der Waals surface area contributed by atoms with Gasteiger partial charge in [0, 0.05) is 5.56 Å². The molecule has 0 saturated heterocycles. The van der Waals surface area contributed by atoms with Crippen LogP contribution in [0.25, 0.3) is 11.0 Å². The van der Waals surface area contributed by atoms with Crippen molar-refractivity contribution in [2.75, 3.05) is 5.75 Å². The second kappa shape index (κ2) is 6.09. The van der Waals surface area contributed by atoms with Gasteiger partial charge in [-0.15, -0.1) is 0 Å². The molecule has 3 rings (SSSR count). The maximum absolute atomic E-state index is 12.4. The van der Waals surface area contributed by atoms with Crippen LogP contribution in [-0.2, 0) is 16.4 Å². The van der Waals surface area contributed by atoms with Gasteiger partial charge in [0.25, 0.3) is 0 Å². The molecule has 0 bridgehead atoms. The summed E-state index contributed by atoms with van der Waals surface area (Å²) >= 11 is 0. The number of nitrogens with zero attached hydrogens (tertiary/aromatic N) is 2. The van der Waals surface area contributed by atoms with Gasteiger partial charge in [-0.2, -0.15) is 0 Å². The Morgan fingerprint density at radius 2 is 1.88 bits per heavy atom. The van der Waals surface area contributed by atoms with E-state index >= 15 is 0 Å². The standard InChI is InChI=1S/C17H17N3O3S/c1-2-24(22,23)17-19-14-10-13(16(18)21)8-9-15(14)20(17)11-12-6-4-3-5-7-12/h3-10H,2,11H2,1H3,(H2,18,21). The Bertz CT molecular complexity index is 1010. The number of primary amides is 1. The molecule has 0 saturated carbocycles. The zero-order chi connectivity index (χ0) is 17.3. The van der Waals surface area contributed by atoms with Crippen LogP contribution in [0.4, 0.5) is 0 Å². The summed E-state index contributed by atoms with van der Waals surface area (Å²) in [6.45, 7) is 1.96. The monoisotopic (exact) mass is 343 g/mol. The molecule has 2 N–H and O–H groups in total. The molecule has 2 aromatic carbocycles. The second-order valence-electron chi connectivity index (χ2n) is 5.44. The van der Waals surface area contributed by atoms with Gasteiger partial charge in [-0.25, -0.2) is 13.4 Å². The predicted molar refractivity (Wildman–Crippen MR) is 91.5 cm³/mol. The summed E-state index contributed by atoms with van der Waals surface area (Å²) in [6.07, 6.45) is 0. The van der Waals surface area contributed by atoms with Crippen molar-refractivity contribution >= 4 is 26.8 Å². The summed E-state index contributed by atoms with van der Waals surface area (Å²) in [5, 5.41) is 0.00507. The van der Waals surface area contributed by atoms with Crippen LogP contribution < -0.4 is 5.73 Å². The van der Waals surface area contributed by atoms with E-state index in [1.165, 1.54) is 6.07 Å². The fraction of sp³-hybridized carbons (Fsp3) is 0.176. The van der Waals surface area contributed by atoms with Crippen molar-refractivity contribution < 1.29 is 13.2 Å². The Labute approximate surface area is 139 Å². The number of carbonyl (C=O) groups is 1. The lowest BCUT2D eigenvalue weighted by Crippen LogP contribution is -2.13. The van der Waals surface area contributed by atoms with Crippen molar-refractivity contribution in [1.29, 1.82) is 0 Å². The van der Waals surface area contributed by atoms with E-state index in [-0.39, 0.29) is 10.9 Å². The van der Waals surface area contributed by atoms with Gasteiger partial charge >= 0.3 is 0 Å². The topological polar surface area (TPSA) is 95.1 Å². The molecule has 1 aromatic heterocycles. The van der Waals surface area contributed by atoms with Crippen LogP contribution in [0.3, 0.4) is 0 Å². The molecule has 1 amide bonds. The first-order chi connectivity index (χ1) is 11.4. The van der Waals surface area contributed by atoms with Crippen LogP contribution in [-0.4, -0.2) is 29.6 Å². The van der Waals surface area contributed by atoms with Gasteiger partial charge in [0.2, 0.25) is 20.9 Å². The highest BCUT2D eigenvalue weighted by molar-refractivity contribution is 7.91. The number of fused-ring (bicyclic) bond motifs is 1. The van der Waals surface area contributed by atoms with Crippen LogP contribution >= 0.6 is 0 Å². The lowest BCUT2D eigenvalue weighted by molar-refractivity contribution is 0.100. The molecule has 7 heteroatoms. The number of amides is 1. The Kier molecular flexibility index (Phi) is 4.11. The highest BCUT2D eigenvalue weighted by Gasteiger charge is 2.22. The fourth-order valence-corrected chi connectivity index (χ4v) is 3.54. The van der Waals surface area contributed by atoms with Crippen molar-refractivity contribution in [3.05, 3.63) is 59.7 Å². The number of benzene rings is 2. The van der Waals surface area contributed by atoms with Crippen LogP contribution in [0.1, 0.15) is 22.8 Å². The molecule has 24 heavy (non-hydrogen) atoms. The minimum Gasteiger partial charge on any atom is -0.366 e. The lowest BCUT2D eigenvalue weighted by Gasteiger charge is -2.09.